The van der Waals surface area contributed by atoms with Crippen molar-refractivity contribution in [3.8, 4) is 0 Å². The lowest BCUT2D eigenvalue weighted by Gasteiger charge is -1.93. The molecule has 0 bridgehead atoms. The fourth-order valence-corrected chi connectivity index (χ4v) is 1.49. The second-order valence-corrected chi connectivity index (χ2v) is 3.17. The van der Waals surface area contributed by atoms with E-state index in [1.807, 2.05) is 12.8 Å². The van der Waals surface area contributed by atoms with Crippen LogP contribution in [-0.2, 0) is 0 Å². The summed E-state index contributed by atoms with van der Waals surface area (Å²) < 4.78 is 0. The Labute approximate surface area is 84.7 Å². The maximum Gasteiger partial charge on any atom is 0.295 e. The van der Waals surface area contributed by atoms with Gasteiger partial charge >= 0.3 is 0 Å². The highest BCUT2D eigenvalue weighted by molar-refractivity contribution is 5.74. The molecule has 1 aliphatic heterocycles. The summed E-state index contributed by atoms with van der Waals surface area (Å²) in [5.74, 6) is 1.88. The van der Waals surface area contributed by atoms with E-state index >= 15 is 0 Å². The van der Waals surface area contributed by atoms with Gasteiger partial charge in [0.15, 0.2) is 0 Å². The van der Waals surface area contributed by atoms with Gasteiger partial charge in [0.1, 0.15) is 5.36 Å². The minimum absolute atomic E-state index is 0.0582. The van der Waals surface area contributed by atoms with E-state index in [4.69, 9.17) is 5.41 Å². The van der Waals surface area contributed by atoms with Crippen molar-refractivity contribution < 1.29 is 4.92 Å². The molecule has 0 spiro atoms. The van der Waals surface area contributed by atoms with Gasteiger partial charge in [0, 0.05) is 11.3 Å². The van der Waals surface area contributed by atoms with Crippen molar-refractivity contribution in [3.05, 3.63) is 49.5 Å². The Morgan fingerprint density at radius 3 is 2.87 bits per heavy atom. The van der Waals surface area contributed by atoms with Crippen LogP contribution in [0.1, 0.15) is 5.56 Å². The summed E-state index contributed by atoms with van der Waals surface area (Å²) in [7, 11) is 0. The van der Waals surface area contributed by atoms with Crippen LogP contribution in [0.4, 0.5) is 5.69 Å². The second kappa shape index (κ2) is 3.15. The molecule has 0 amide bonds. The molecule has 0 fully saturated rings. The first kappa shape index (κ1) is 9.30. The van der Waals surface area contributed by atoms with E-state index in [0.29, 0.717) is 5.22 Å². The van der Waals surface area contributed by atoms with Crippen LogP contribution in [0.15, 0.2) is 22.8 Å². The Morgan fingerprint density at radius 2 is 2.27 bits per heavy atom. The van der Waals surface area contributed by atoms with Gasteiger partial charge in [0.25, 0.3) is 5.69 Å². The van der Waals surface area contributed by atoms with Gasteiger partial charge in [0.05, 0.1) is 10.6 Å². The average molecular weight is 200 g/mol. The molecule has 0 aromatic heterocycles. The molecule has 0 atom stereocenters. The number of benzene rings is 1. The second-order valence-electron chi connectivity index (χ2n) is 3.17. The third kappa shape index (κ3) is 1.35. The molecule has 1 aromatic carbocycles. The number of nitro benzene ring substituents is 1. The topological polar surface area (TPSA) is 77.8 Å². The predicted molar refractivity (Wildman–Crippen MR) is 55.0 cm³/mol. The van der Waals surface area contributed by atoms with Gasteiger partial charge in [-0.2, -0.15) is 0 Å². The zero-order chi connectivity index (χ0) is 11.0. The summed E-state index contributed by atoms with van der Waals surface area (Å²) in [6.45, 7) is 1.83. The number of non-ortho nitro benzene ring substituents is 1. The Morgan fingerprint density at radius 1 is 1.53 bits per heavy atom. The molecule has 1 heterocycles. The lowest BCUT2D eigenvalue weighted by molar-refractivity contribution is -0.386. The molecular weight excluding hydrogens is 194 g/mol. The van der Waals surface area contributed by atoms with Gasteiger partial charge in [-0.15, -0.1) is 0 Å². The quantitative estimate of drug-likeness (QED) is 0.374. The summed E-state index contributed by atoms with van der Waals surface area (Å²) in [5.41, 5.74) is 1.03. The first-order valence-corrected chi connectivity index (χ1v) is 4.25. The Balaban J connectivity index is 2.94. The van der Waals surface area contributed by atoms with E-state index < -0.39 is 4.92 Å². The van der Waals surface area contributed by atoms with Crippen molar-refractivity contribution in [1.29, 1.82) is 0 Å². The number of nitrogens with zero attached hydrogens (tertiary/aromatic N) is 3. The number of nitro groups is 1. The van der Waals surface area contributed by atoms with Gasteiger partial charge < -0.3 is 5.41 Å². The van der Waals surface area contributed by atoms with Gasteiger partial charge in [-0.25, -0.2) is 10.9 Å². The van der Waals surface area contributed by atoms with Crippen LogP contribution in [0.2, 0.25) is 0 Å². The Hall–Kier alpha value is -2.26. The molecule has 5 nitrogen and oxygen atoms in total. The first-order chi connectivity index (χ1) is 7.13. The zero-order valence-corrected chi connectivity index (χ0v) is 7.89. The van der Waals surface area contributed by atoms with Crippen molar-refractivity contribution in [2.24, 2.45) is 4.99 Å². The molecule has 1 aliphatic rings. The summed E-state index contributed by atoms with van der Waals surface area (Å²) in [6, 6.07) is 3.06. The van der Waals surface area contributed by atoms with Crippen LogP contribution in [0.3, 0.4) is 0 Å². The van der Waals surface area contributed by atoms with Gasteiger partial charge in [-0.05, 0) is 18.6 Å². The first-order valence-electron chi connectivity index (χ1n) is 4.25. The van der Waals surface area contributed by atoms with E-state index in [9.17, 15) is 10.1 Å². The van der Waals surface area contributed by atoms with Crippen molar-refractivity contribution in [2.45, 2.75) is 6.92 Å². The van der Waals surface area contributed by atoms with E-state index in [1.165, 1.54) is 6.07 Å². The molecule has 0 unspecified atom stereocenters. The van der Waals surface area contributed by atoms with Crippen LogP contribution < -0.4 is 10.6 Å². The van der Waals surface area contributed by atoms with Crippen molar-refractivity contribution in [2.75, 3.05) is 0 Å². The zero-order valence-electron chi connectivity index (χ0n) is 7.89. The van der Waals surface area contributed by atoms with Gasteiger partial charge in [0.2, 0.25) is 0 Å². The fraction of sp³-hybridized carbons (Fsp3) is 0.100. The largest absolute Gasteiger partial charge is 0.761 e. The van der Waals surface area contributed by atoms with Crippen LogP contribution in [-0.4, -0.2) is 10.8 Å². The predicted octanol–water partition coefficient (Wildman–Crippen LogP) is 0.440. The maximum atomic E-state index is 10.7. The van der Waals surface area contributed by atoms with E-state index in [-0.39, 0.29) is 16.7 Å². The molecule has 5 heteroatoms. The number of allylic oxidation sites excluding steroid dienone is 1. The van der Waals surface area contributed by atoms with E-state index in [0.717, 1.165) is 5.56 Å². The van der Waals surface area contributed by atoms with E-state index in [2.05, 4.69) is 4.99 Å². The van der Waals surface area contributed by atoms with Crippen LogP contribution >= 0.6 is 0 Å². The normalized spacial score (nSPS) is 12.5. The third-order valence-corrected chi connectivity index (χ3v) is 2.24. The summed E-state index contributed by atoms with van der Waals surface area (Å²) in [4.78, 5) is 14.1. The van der Waals surface area contributed by atoms with Crippen molar-refractivity contribution in [1.82, 2.24) is 0 Å². The molecule has 0 saturated heterocycles. The molecule has 0 aliphatic carbocycles. The standard InChI is InChI=1S/C10H6N3O2/c1-6-2-3-9(13(14)15)10-8(6)4-7(5-11)12-10/h2-4H,1H3/q-1. The molecule has 15 heavy (non-hydrogen) atoms. The van der Waals surface area contributed by atoms with Crippen LogP contribution in [0, 0.1) is 17.0 Å². The lowest BCUT2D eigenvalue weighted by atomic mass is 10.1. The third-order valence-electron chi connectivity index (χ3n) is 2.24. The molecule has 0 radical (unpaired) electrons. The molecule has 0 saturated carbocycles. The molecular formula is C10H6N3O2-. The average Bonchev–Trinajstić information content (AvgIpc) is 2.62. The minimum atomic E-state index is -0.490. The van der Waals surface area contributed by atoms with Gasteiger partial charge in [-0.3, -0.25) is 10.1 Å². The Bertz CT molecular complexity index is 625. The van der Waals surface area contributed by atoms with Crippen LogP contribution in [0.5, 0.6) is 0 Å². The van der Waals surface area contributed by atoms with E-state index in [1.54, 1.807) is 12.1 Å². The molecule has 74 valence electrons. The minimum Gasteiger partial charge on any atom is -0.761 e. The maximum absolute atomic E-state index is 10.7. The smallest absolute Gasteiger partial charge is 0.295 e. The highest BCUT2D eigenvalue weighted by Gasteiger charge is 2.14. The number of hydrogen-bond donors (Lipinski definition) is 0. The Kier molecular flexibility index (Phi) is 1.95. The summed E-state index contributed by atoms with van der Waals surface area (Å²) in [5, 5.41) is 20.3. The van der Waals surface area contributed by atoms with Gasteiger partial charge in [-0.1, -0.05) is 6.07 Å². The lowest BCUT2D eigenvalue weighted by Crippen LogP contribution is -2.27. The fourth-order valence-electron chi connectivity index (χ4n) is 1.49. The number of fused-ring (bicyclic) bond motifs is 1. The highest BCUT2D eigenvalue weighted by atomic mass is 16.6. The SMILES string of the molecule is Cc1ccc([N+](=O)[O-])c2c1=CC(=C=[N-])N=2. The van der Waals surface area contributed by atoms with Crippen LogP contribution in [0.25, 0.3) is 11.5 Å². The number of aryl methyl sites for hydroxylation is 1. The summed E-state index contributed by atoms with van der Waals surface area (Å²) >= 11 is 0. The monoisotopic (exact) mass is 200 g/mol. The summed E-state index contributed by atoms with van der Waals surface area (Å²) in [6.07, 6.45) is 1.57. The highest BCUT2D eigenvalue weighted by Crippen LogP contribution is 2.07. The van der Waals surface area contributed by atoms with Crippen molar-refractivity contribution in [3.63, 3.8) is 0 Å². The number of hydrogen-bond acceptors (Lipinski definition) is 3. The molecule has 0 N–H and O–H groups in total. The number of rotatable bonds is 1. The molecule has 2 rings (SSSR count). The van der Waals surface area contributed by atoms with Crippen molar-refractivity contribution >= 4 is 17.6 Å². The molecule has 1 aromatic rings.